The molecular weight excluding hydrogens is 344 g/mol. The quantitative estimate of drug-likeness (QED) is 0.172. The molecule has 1 rings (SSSR count). The molecule has 0 aliphatic heterocycles. The number of hydrogen-bond donors (Lipinski definition) is 0. The first-order chi connectivity index (χ1) is 13.8. The second-order valence-electron chi connectivity index (χ2n) is 9.14. The van der Waals surface area contributed by atoms with E-state index in [9.17, 15) is 4.79 Å². The minimum atomic E-state index is 0.0871. The molecule has 0 saturated heterocycles. The van der Waals surface area contributed by atoms with E-state index in [0.29, 0.717) is 12.5 Å². The molecule has 1 aliphatic carbocycles. The van der Waals surface area contributed by atoms with Crippen molar-refractivity contribution in [3.8, 4) is 0 Å². The smallest absolute Gasteiger partial charge is 0.309 e. The van der Waals surface area contributed by atoms with Gasteiger partial charge in [-0.2, -0.15) is 0 Å². The summed E-state index contributed by atoms with van der Waals surface area (Å²) in [6.45, 7) is 4.75. The first-order valence-electron chi connectivity index (χ1n) is 13.0. The summed E-state index contributed by atoms with van der Waals surface area (Å²) in [7, 11) is 0. The molecule has 0 aromatic heterocycles. The van der Waals surface area contributed by atoms with Crippen LogP contribution in [0.3, 0.4) is 0 Å². The van der Waals surface area contributed by atoms with Crippen molar-refractivity contribution in [2.45, 2.75) is 142 Å². The molecule has 28 heavy (non-hydrogen) atoms. The Balaban J connectivity index is 1.98. The van der Waals surface area contributed by atoms with Crippen molar-refractivity contribution >= 4 is 5.97 Å². The van der Waals surface area contributed by atoms with Gasteiger partial charge in [0, 0.05) is 0 Å². The third kappa shape index (κ3) is 12.8. The summed E-state index contributed by atoms with van der Waals surface area (Å²) in [5.41, 5.74) is 0. The van der Waals surface area contributed by atoms with Gasteiger partial charge in [0.25, 0.3) is 0 Å². The monoisotopic (exact) mass is 394 g/mol. The van der Waals surface area contributed by atoms with Crippen molar-refractivity contribution in [2.24, 2.45) is 11.8 Å². The second-order valence-corrected chi connectivity index (χ2v) is 9.14. The number of esters is 1. The molecule has 1 saturated carbocycles. The predicted molar refractivity (Wildman–Crippen MR) is 122 cm³/mol. The van der Waals surface area contributed by atoms with E-state index in [4.69, 9.17) is 4.74 Å². The molecule has 1 unspecified atom stereocenters. The first-order valence-corrected chi connectivity index (χ1v) is 13.0. The molecule has 1 fully saturated rings. The van der Waals surface area contributed by atoms with E-state index in [-0.39, 0.29) is 11.9 Å². The Morgan fingerprint density at radius 2 is 1.18 bits per heavy atom. The highest BCUT2D eigenvalue weighted by Gasteiger charge is 2.29. The maximum atomic E-state index is 12.4. The molecule has 0 N–H and O–H groups in total. The van der Waals surface area contributed by atoms with Crippen molar-refractivity contribution < 1.29 is 9.53 Å². The van der Waals surface area contributed by atoms with E-state index < -0.39 is 0 Å². The minimum Gasteiger partial charge on any atom is -0.466 e. The van der Waals surface area contributed by atoms with Gasteiger partial charge < -0.3 is 4.74 Å². The highest BCUT2D eigenvalue weighted by molar-refractivity contribution is 5.72. The summed E-state index contributed by atoms with van der Waals surface area (Å²) in [4.78, 5) is 12.4. The molecule has 166 valence electrons. The third-order valence-electron chi connectivity index (χ3n) is 6.68. The molecule has 1 aliphatic rings. The molecule has 0 heterocycles. The van der Waals surface area contributed by atoms with Crippen LogP contribution in [-0.4, -0.2) is 12.6 Å². The van der Waals surface area contributed by atoms with Crippen LogP contribution in [-0.2, 0) is 9.53 Å². The molecule has 0 aromatic rings. The molecule has 0 aromatic carbocycles. The van der Waals surface area contributed by atoms with Gasteiger partial charge in [-0.15, -0.1) is 0 Å². The summed E-state index contributed by atoms with van der Waals surface area (Å²) in [6, 6.07) is 0. The van der Waals surface area contributed by atoms with E-state index in [0.717, 1.165) is 6.42 Å². The Bertz CT molecular complexity index is 346. The number of carbonyl (C=O) groups is 1. The van der Waals surface area contributed by atoms with Crippen LogP contribution in [0.1, 0.15) is 142 Å². The lowest BCUT2D eigenvalue weighted by Crippen LogP contribution is -2.27. The summed E-state index contributed by atoms with van der Waals surface area (Å²) in [6.07, 6.45) is 27.0. The van der Waals surface area contributed by atoms with Crippen molar-refractivity contribution in [1.82, 2.24) is 0 Å². The minimum absolute atomic E-state index is 0.0871. The van der Waals surface area contributed by atoms with Gasteiger partial charge >= 0.3 is 5.97 Å². The highest BCUT2D eigenvalue weighted by atomic mass is 16.5. The van der Waals surface area contributed by atoms with Gasteiger partial charge in [-0.1, -0.05) is 116 Å². The lowest BCUT2D eigenvalue weighted by atomic mass is 9.78. The van der Waals surface area contributed by atoms with E-state index in [1.165, 1.54) is 122 Å². The SMILES string of the molecule is CCCCCCCCCCCCCCCCC(C(=O)OCC)C1CCCCC1. The van der Waals surface area contributed by atoms with E-state index in [1.54, 1.807) is 0 Å². The lowest BCUT2D eigenvalue weighted by molar-refractivity contribution is -0.150. The maximum Gasteiger partial charge on any atom is 0.309 e. The fourth-order valence-corrected chi connectivity index (χ4v) is 4.89. The number of carbonyl (C=O) groups excluding carboxylic acids is 1. The normalized spacial score (nSPS) is 16.2. The molecule has 2 nitrogen and oxygen atoms in total. The van der Waals surface area contributed by atoms with Crippen LogP contribution in [0.2, 0.25) is 0 Å². The molecule has 0 amide bonds. The van der Waals surface area contributed by atoms with Crippen molar-refractivity contribution in [3.63, 3.8) is 0 Å². The van der Waals surface area contributed by atoms with Crippen molar-refractivity contribution in [3.05, 3.63) is 0 Å². The summed E-state index contributed by atoms with van der Waals surface area (Å²) in [5.74, 6) is 0.858. The topological polar surface area (TPSA) is 26.3 Å². The zero-order valence-electron chi connectivity index (χ0n) is 19.3. The second kappa shape index (κ2) is 18.5. The number of hydrogen-bond acceptors (Lipinski definition) is 2. The fraction of sp³-hybridized carbons (Fsp3) is 0.962. The Morgan fingerprint density at radius 1 is 0.714 bits per heavy atom. The van der Waals surface area contributed by atoms with Gasteiger partial charge in [0.1, 0.15) is 0 Å². The standard InChI is InChI=1S/C26H50O2/c1-3-5-6-7-8-9-10-11-12-13-14-15-16-20-23-25(26(27)28-4-2)24-21-18-17-19-22-24/h24-25H,3-23H2,1-2H3. The van der Waals surface area contributed by atoms with Gasteiger partial charge in [0.2, 0.25) is 0 Å². The number of rotatable bonds is 18. The van der Waals surface area contributed by atoms with Crippen LogP contribution >= 0.6 is 0 Å². The lowest BCUT2D eigenvalue weighted by Gasteiger charge is -2.28. The van der Waals surface area contributed by atoms with Gasteiger partial charge in [-0.05, 0) is 32.1 Å². The van der Waals surface area contributed by atoms with Crippen LogP contribution in [0.25, 0.3) is 0 Å². The molecular formula is C26H50O2. The number of ether oxygens (including phenoxy) is 1. The van der Waals surface area contributed by atoms with Crippen molar-refractivity contribution in [2.75, 3.05) is 6.61 Å². The van der Waals surface area contributed by atoms with Gasteiger partial charge in [-0.3, -0.25) is 4.79 Å². The van der Waals surface area contributed by atoms with Gasteiger partial charge in [0.15, 0.2) is 0 Å². The van der Waals surface area contributed by atoms with E-state index >= 15 is 0 Å². The Morgan fingerprint density at radius 3 is 1.64 bits per heavy atom. The number of unbranched alkanes of at least 4 members (excludes halogenated alkanes) is 13. The third-order valence-corrected chi connectivity index (χ3v) is 6.68. The van der Waals surface area contributed by atoms with Gasteiger partial charge in [0.05, 0.1) is 12.5 Å². The first kappa shape index (κ1) is 25.5. The largest absolute Gasteiger partial charge is 0.466 e. The van der Waals surface area contributed by atoms with E-state index in [2.05, 4.69) is 6.92 Å². The summed E-state index contributed by atoms with van der Waals surface area (Å²) in [5, 5.41) is 0. The van der Waals surface area contributed by atoms with Gasteiger partial charge in [-0.25, -0.2) is 0 Å². The zero-order valence-corrected chi connectivity index (χ0v) is 19.3. The van der Waals surface area contributed by atoms with Crippen LogP contribution < -0.4 is 0 Å². The molecule has 0 bridgehead atoms. The molecule has 1 atom stereocenters. The summed E-state index contributed by atoms with van der Waals surface area (Å²) >= 11 is 0. The van der Waals surface area contributed by atoms with Crippen LogP contribution in [0.15, 0.2) is 0 Å². The molecule has 2 heteroatoms. The Kier molecular flexibility index (Phi) is 16.8. The average molecular weight is 395 g/mol. The summed E-state index contributed by atoms with van der Waals surface area (Å²) < 4.78 is 5.39. The fourth-order valence-electron chi connectivity index (χ4n) is 4.89. The Labute approximate surface area is 176 Å². The van der Waals surface area contributed by atoms with E-state index in [1.807, 2.05) is 6.92 Å². The highest BCUT2D eigenvalue weighted by Crippen LogP contribution is 2.33. The molecule has 0 radical (unpaired) electrons. The van der Waals surface area contributed by atoms with Crippen molar-refractivity contribution in [1.29, 1.82) is 0 Å². The predicted octanol–water partition coefficient (Wildman–Crippen LogP) is 8.62. The zero-order chi connectivity index (χ0) is 20.3. The van der Waals surface area contributed by atoms with Crippen LogP contribution in [0.5, 0.6) is 0 Å². The average Bonchev–Trinajstić information content (AvgIpc) is 2.72. The van der Waals surface area contributed by atoms with Crippen LogP contribution in [0.4, 0.5) is 0 Å². The van der Waals surface area contributed by atoms with Crippen LogP contribution in [0, 0.1) is 11.8 Å². The molecule has 0 spiro atoms. The Hall–Kier alpha value is -0.530. The maximum absolute atomic E-state index is 12.4.